The first-order valence-electron chi connectivity index (χ1n) is 8.35. The Morgan fingerprint density at radius 2 is 1.81 bits per heavy atom. The minimum Gasteiger partial charge on any atom is -0.466 e. The molecule has 5 nitrogen and oxygen atoms in total. The van der Waals surface area contributed by atoms with Crippen LogP contribution < -0.4 is 0 Å². The van der Waals surface area contributed by atoms with Gasteiger partial charge in [-0.05, 0) is 30.7 Å². The Bertz CT molecular complexity index is 899. The summed E-state index contributed by atoms with van der Waals surface area (Å²) in [5.41, 5.74) is 0.405. The molecule has 1 aliphatic heterocycles. The summed E-state index contributed by atoms with van der Waals surface area (Å²) in [7, 11) is 0. The maximum Gasteiger partial charge on any atom is 0.309 e. The molecular formula is C21H18N2O3. The van der Waals surface area contributed by atoms with Gasteiger partial charge in [0.15, 0.2) is 5.54 Å². The molecule has 1 atom stereocenters. The fourth-order valence-electron chi connectivity index (χ4n) is 3.15. The van der Waals surface area contributed by atoms with Gasteiger partial charge in [-0.25, -0.2) is 0 Å². The first-order valence-corrected chi connectivity index (χ1v) is 8.35. The highest BCUT2D eigenvalue weighted by atomic mass is 16.5. The number of benzene rings is 2. The van der Waals surface area contributed by atoms with Gasteiger partial charge in [0.05, 0.1) is 19.1 Å². The van der Waals surface area contributed by atoms with Gasteiger partial charge < -0.3 is 4.74 Å². The topological polar surface area (TPSA) is 70.4 Å². The van der Waals surface area contributed by atoms with Crippen LogP contribution in [-0.4, -0.2) is 23.4 Å². The van der Waals surface area contributed by atoms with E-state index in [0.29, 0.717) is 11.1 Å². The van der Waals surface area contributed by atoms with Crippen LogP contribution in [0.3, 0.4) is 0 Å². The van der Waals surface area contributed by atoms with Crippen LogP contribution in [-0.2, 0) is 15.1 Å². The number of nitrogens with zero attached hydrogens (tertiary/aromatic N) is 2. The molecule has 0 radical (unpaired) electrons. The third kappa shape index (κ3) is 2.98. The molecule has 0 saturated heterocycles. The molecule has 0 spiro atoms. The van der Waals surface area contributed by atoms with Gasteiger partial charge in [0.25, 0.3) is 5.91 Å². The summed E-state index contributed by atoms with van der Waals surface area (Å²) in [5, 5.41) is 10.1. The van der Waals surface area contributed by atoms with Crippen LogP contribution in [0.25, 0.3) is 6.08 Å². The zero-order chi connectivity index (χ0) is 18.6. The van der Waals surface area contributed by atoms with Crippen molar-refractivity contribution in [2.75, 3.05) is 6.61 Å². The summed E-state index contributed by atoms with van der Waals surface area (Å²) >= 11 is 0. The average molecular weight is 346 g/mol. The standard InChI is InChI=1S/C21H18N2O3/c1-2-26-19(24)14-21(15-22)18-11-7-6-8-16(18)12-13-23(21)20(25)17-9-4-3-5-10-17/h3-13H,2,14H2,1H3. The van der Waals surface area contributed by atoms with Crippen molar-refractivity contribution in [3.05, 3.63) is 77.5 Å². The van der Waals surface area contributed by atoms with Gasteiger partial charge >= 0.3 is 5.97 Å². The summed E-state index contributed by atoms with van der Waals surface area (Å²) in [5.74, 6) is -0.868. The van der Waals surface area contributed by atoms with Gasteiger partial charge in [-0.1, -0.05) is 42.5 Å². The number of ether oxygens (including phenoxy) is 1. The van der Waals surface area contributed by atoms with Crippen molar-refractivity contribution in [2.24, 2.45) is 0 Å². The van der Waals surface area contributed by atoms with Crippen LogP contribution in [0.1, 0.15) is 34.8 Å². The normalized spacial score (nSPS) is 17.9. The lowest BCUT2D eigenvalue weighted by Crippen LogP contribution is -2.49. The molecule has 0 N–H and O–H groups in total. The zero-order valence-corrected chi connectivity index (χ0v) is 14.4. The van der Waals surface area contributed by atoms with Gasteiger partial charge in [-0.3, -0.25) is 14.5 Å². The molecule has 0 aromatic heterocycles. The van der Waals surface area contributed by atoms with Crippen molar-refractivity contribution in [1.82, 2.24) is 4.90 Å². The second kappa shape index (κ2) is 7.24. The van der Waals surface area contributed by atoms with E-state index in [-0.39, 0.29) is 18.9 Å². The third-order valence-electron chi connectivity index (χ3n) is 4.35. The SMILES string of the molecule is CCOC(=O)CC1(C#N)c2ccccc2C=CN1C(=O)c1ccccc1. The van der Waals surface area contributed by atoms with Crippen molar-refractivity contribution >= 4 is 18.0 Å². The van der Waals surface area contributed by atoms with Gasteiger partial charge in [-0.2, -0.15) is 5.26 Å². The molecule has 0 bridgehead atoms. The Kier molecular flexibility index (Phi) is 4.85. The van der Waals surface area contributed by atoms with E-state index >= 15 is 0 Å². The highest BCUT2D eigenvalue weighted by Crippen LogP contribution is 2.39. The van der Waals surface area contributed by atoms with Gasteiger partial charge in [0.2, 0.25) is 0 Å². The fraction of sp³-hybridized carbons (Fsp3) is 0.190. The average Bonchev–Trinajstić information content (AvgIpc) is 2.68. The lowest BCUT2D eigenvalue weighted by atomic mass is 9.80. The Labute approximate surface area is 152 Å². The van der Waals surface area contributed by atoms with Crippen LogP contribution in [0.4, 0.5) is 0 Å². The van der Waals surface area contributed by atoms with Crippen molar-refractivity contribution in [1.29, 1.82) is 5.26 Å². The molecule has 0 fully saturated rings. The Morgan fingerprint density at radius 3 is 2.50 bits per heavy atom. The van der Waals surface area contributed by atoms with Crippen LogP contribution in [0.15, 0.2) is 60.8 Å². The molecule has 1 heterocycles. The Hall–Kier alpha value is -3.39. The van der Waals surface area contributed by atoms with Crippen molar-refractivity contribution in [2.45, 2.75) is 18.9 Å². The molecule has 2 aromatic carbocycles. The second-order valence-electron chi connectivity index (χ2n) is 5.90. The van der Waals surface area contributed by atoms with Crippen LogP contribution >= 0.6 is 0 Å². The number of nitriles is 1. The van der Waals surface area contributed by atoms with E-state index < -0.39 is 11.5 Å². The number of fused-ring (bicyclic) bond motifs is 1. The first-order chi connectivity index (χ1) is 12.6. The molecule has 5 heteroatoms. The predicted octanol–water partition coefficient (Wildman–Crippen LogP) is 3.49. The van der Waals surface area contributed by atoms with E-state index in [4.69, 9.17) is 4.74 Å². The quantitative estimate of drug-likeness (QED) is 0.795. The molecule has 2 aromatic rings. The smallest absolute Gasteiger partial charge is 0.309 e. The Balaban J connectivity index is 2.12. The Morgan fingerprint density at radius 1 is 1.12 bits per heavy atom. The van der Waals surface area contributed by atoms with Gasteiger partial charge in [0, 0.05) is 17.3 Å². The number of rotatable bonds is 4. The highest BCUT2D eigenvalue weighted by Gasteiger charge is 2.46. The van der Waals surface area contributed by atoms with Gasteiger partial charge in [0.1, 0.15) is 0 Å². The summed E-state index contributed by atoms with van der Waals surface area (Å²) in [6.45, 7) is 1.92. The van der Waals surface area contributed by atoms with E-state index in [1.54, 1.807) is 55.6 Å². The van der Waals surface area contributed by atoms with E-state index in [0.717, 1.165) is 5.56 Å². The maximum absolute atomic E-state index is 13.1. The minimum atomic E-state index is -1.45. The first kappa shape index (κ1) is 17.4. The van der Waals surface area contributed by atoms with E-state index in [1.807, 2.05) is 18.2 Å². The molecule has 1 aliphatic rings. The third-order valence-corrected chi connectivity index (χ3v) is 4.35. The van der Waals surface area contributed by atoms with Crippen molar-refractivity contribution in [3.8, 4) is 6.07 Å². The van der Waals surface area contributed by atoms with Crippen molar-refractivity contribution < 1.29 is 14.3 Å². The zero-order valence-electron chi connectivity index (χ0n) is 14.4. The number of esters is 1. The van der Waals surface area contributed by atoms with E-state index in [2.05, 4.69) is 6.07 Å². The second-order valence-corrected chi connectivity index (χ2v) is 5.90. The molecule has 3 rings (SSSR count). The van der Waals surface area contributed by atoms with Crippen molar-refractivity contribution in [3.63, 3.8) is 0 Å². The number of amides is 1. The molecule has 0 saturated carbocycles. The van der Waals surface area contributed by atoms with Crippen LogP contribution in [0.2, 0.25) is 0 Å². The lowest BCUT2D eigenvalue weighted by molar-refractivity contribution is -0.145. The number of hydrogen-bond donors (Lipinski definition) is 0. The lowest BCUT2D eigenvalue weighted by Gasteiger charge is -2.39. The van der Waals surface area contributed by atoms with E-state index in [1.165, 1.54) is 4.90 Å². The molecule has 1 amide bonds. The highest BCUT2D eigenvalue weighted by molar-refractivity contribution is 5.97. The summed E-state index contributed by atoms with van der Waals surface area (Å²) in [4.78, 5) is 26.7. The molecule has 26 heavy (non-hydrogen) atoms. The largest absolute Gasteiger partial charge is 0.466 e. The predicted molar refractivity (Wildman–Crippen MR) is 96.6 cm³/mol. The summed E-state index contributed by atoms with van der Waals surface area (Å²) in [6, 6.07) is 18.2. The number of carbonyl (C=O) groups is 2. The monoisotopic (exact) mass is 346 g/mol. The molecular weight excluding hydrogens is 328 g/mol. The number of carbonyl (C=O) groups excluding carboxylic acids is 2. The van der Waals surface area contributed by atoms with Gasteiger partial charge in [-0.15, -0.1) is 0 Å². The summed E-state index contributed by atoms with van der Waals surface area (Å²) < 4.78 is 5.07. The van der Waals surface area contributed by atoms with Crippen LogP contribution in [0, 0.1) is 11.3 Å². The molecule has 1 unspecified atom stereocenters. The number of hydrogen-bond acceptors (Lipinski definition) is 4. The van der Waals surface area contributed by atoms with Crippen LogP contribution in [0.5, 0.6) is 0 Å². The molecule has 130 valence electrons. The molecule has 0 aliphatic carbocycles. The van der Waals surface area contributed by atoms with E-state index in [9.17, 15) is 14.9 Å². The minimum absolute atomic E-state index is 0.213. The fourth-order valence-corrected chi connectivity index (χ4v) is 3.15. The summed E-state index contributed by atoms with van der Waals surface area (Å²) in [6.07, 6.45) is 3.11. The maximum atomic E-state index is 13.1.